The third-order valence-electron chi connectivity index (χ3n) is 3.05. The number of nitrogens with one attached hydrogen (secondary N) is 1. The molecule has 0 unspecified atom stereocenters. The van der Waals surface area contributed by atoms with Crippen LogP contribution in [0.15, 0.2) is 42.5 Å². The molecule has 0 bridgehead atoms. The van der Waals surface area contributed by atoms with E-state index in [9.17, 15) is 4.79 Å². The number of amides is 1. The van der Waals surface area contributed by atoms with Crippen LogP contribution >= 0.6 is 0 Å². The lowest BCUT2D eigenvalue weighted by Gasteiger charge is -2.10. The summed E-state index contributed by atoms with van der Waals surface area (Å²) in [6.45, 7) is 1.93. The van der Waals surface area contributed by atoms with E-state index in [1.165, 1.54) is 0 Å². The fourth-order valence-corrected chi connectivity index (χ4v) is 1.92. The van der Waals surface area contributed by atoms with E-state index in [1.54, 1.807) is 19.2 Å². The van der Waals surface area contributed by atoms with Crippen LogP contribution in [-0.2, 0) is 11.2 Å². The predicted molar refractivity (Wildman–Crippen MR) is 80.9 cm³/mol. The Labute approximate surface area is 118 Å². The topological polar surface area (TPSA) is 64.3 Å². The largest absolute Gasteiger partial charge is 0.497 e. The Hall–Kier alpha value is -2.49. The van der Waals surface area contributed by atoms with Crippen molar-refractivity contribution >= 4 is 17.3 Å². The SMILES string of the molecule is COc1ccc(NC(=O)Cc2ccc(N)cc2)c(C)c1. The lowest BCUT2D eigenvalue weighted by atomic mass is 10.1. The van der Waals surface area contributed by atoms with Gasteiger partial charge in [0.05, 0.1) is 13.5 Å². The number of aryl methyl sites for hydroxylation is 1. The van der Waals surface area contributed by atoms with E-state index >= 15 is 0 Å². The Morgan fingerprint density at radius 3 is 2.50 bits per heavy atom. The number of anilines is 2. The summed E-state index contributed by atoms with van der Waals surface area (Å²) >= 11 is 0. The van der Waals surface area contributed by atoms with Gasteiger partial charge < -0.3 is 15.8 Å². The first-order valence-electron chi connectivity index (χ1n) is 6.37. The number of nitrogens with two attached hydrogens (primary N) is 1. The number of ether oxygens (including phenoxy) is 1. The van der Waals surface area contributed by atoms with Gasteiger partial charge in [-0.3, -0.25) is 4.79 Å². The Morgan fingerprint density at radius 2 is 1.90 bits per heavy atom. The first-order valence-corrected chi connectivity index (χ1v) is 6.37. The number of carbonyl (C=O) groups is 1. The molecule has 0 atom stereocenters. The zero-order valence-corrected chi connectivity index (χ0v) is 11.6. The van der Waals surface area contributed by atoms with Gasteiger partial charge in [0.2, 0.25) is 5.91 Å². The normalized spacial score (nSPS) is 10.1. The van der Waals surface area contributed by atoms with Gasteiger partial charge in [-0.2, -0.15) is 0 Å². The quantitative estimate of drug-likeness (QED) is 0.840. The van der Waals surface area contributed by atoms with Crippen molar-refractivity contribution in [2.75, 3.05) is 18.2 Å². The van der Waals surface area contributed by atoms with E-state index in [0.29, 0.717) is 12.1 Å². The minimum absolute atomic E-state index is 0.0527. The molecule has 0 fully saturated rings. The summed E-state index contributed by atoms with van der Waals surface area (Å²) in [5.74, 6) is 0.724. The fourth-order valence-electron chi connectivity index (χ4n) is 1.92. The average Bonchev–Trinajstić information content (AvgIpc) is 2.43. The molecule has 104 valence electrons. The smallest absolute Gasteiger partial charge is 0.228 e. The van der Waals surface area contributed by atoms with Crippen molar-refractivity contribution in [3.05, 3.63) is 53.6 Å². The standard InChI is InChI=1S/C16H18N2O2/c1-11-9-14(20-2)7-8-15(11)18-16(19)10-12-3-5-13(17)6-4-12/h3-9H,10,17H2,1-2H3,(H,18,19). The number of hydrogen-bond donors (Lipinski definition) is 2. The first-order chi connectivity index (χ1) is 9.58. The highest BCUT2D eigenvalue weighted by atomic mass is 16.5. The Balaban J connectivity index is 2.02. The van der Waals surface area contributed by atoms with Crippen molar-refractivity contribution in [1.29, 1.82) is 0 Å². The van der Waals surface area contributed by atoms with Gasteiger partial charge in [0.15, 0.2) is 0 Å². The Bertz CT molecular complexity index is 606. The molecule has 0 aliphatic heterocycles. The van der Waals surface area contributed by atoms with Gasteiger partial charge in [0.25, 0.3) is 0 Å². The van der Waals surface area contributed by atoms with Crippen molar-refractivity contribution < 1.29 is 9.53 Å². The molecule has 0 aliphatic carbocycles. The number of nitrogen functional groups attached to an aromatic ring is 1. The maximum absolute atomic E-state index is 12.0. The van der Waals surface area contributed by atoms with Gasteiger partial charge in [-0.25, -0.2) is 0 Å². The van der Waals surface area contributed by atoms with Gasteiger partial charge in [0, 0.05) is 11.4 Å². The van der Waals surface area contributed by atoms with E-state index in [1.807, 2.05) is 37.3 Å². The van der Waals surface area contributed by atoms with Crippen molar-refractivity contribution in [2.24, 2.45) is 0 Å². The number of benzene rings is 2. The lowest BCUT2D eigenvalue weighted by Crippen LogP contribution is -2.15. The van der Waals surface area contributed by atoms with E-state index in [0.717, 1.165) is 22.6 Å². The second kappa shape index (κ2) is 6.10. The summed E-state index contributed by atoms with van der Waals surface area (Å²) in [7, 11) is 1.62. The zero-order valence-electron chi connectivity index (χ0n) is 11.6. The number of hydrogen-bond acceptors (Lipinski definition) is 3. The van der Waals surface area contributed by atoms with Crippen molar-refractivity contribution in [3.63, 3.8) is 0 Å². The number of methoxy groups -OCH3 is 1. The molecule has 0 saturated heterocycles. The van der Waals surface area contributed by atoms with Crippen LogP contribution in [0.5, 0.6) is 5.75 Å². The minimum Gasteiger partial charge on any atom is -0.497 e. The molecule has 20 heavy (non-hydrogen) atoms. The maximum atomic E-state index is 12.0. The van der Waals surface area contributed by atoms with Crippen LogP contribution in [0.1, 0.15) is 11.1 Å². The van der Waals surface area contributed by atoms with Crippen LogP contribution in [0.3, 0.4) is 0 Å². The first kappa shape index (κ1) is 13.9. The van der Waals surface area contributed by atoms with E-state index < -0.39 is 0 Å². The third-order valence-corrected chi connectivity index (χ3v) is 3.05. The Kier molecular flexibility index (Phi) is 4.25. The van der Waals surface area contributed by atoms with Crippen LogP contribution in [0.4, 0.5) is 11.4 Å². The summed E-state index contributed by atoms with van der Waals surface area (Å²) in [4.78, 5) is 12.0. The highest BCUT2D eigenvalue weighted by molar-refractivity contribution is 5.93. The summed E-state index contributed by atoms with van der Waals surface area (Å²) in [5, 5.41) is 2.90. The van der Waals surface area contributed by atoms with Crippen LogP contribution in [0.2, 0.25) is 0 Å². The van der Waals surface area contributed by atoms with E-state index in [-0.39, 0.29) is 5.91 Å². The zero-order chi connectivity index (χ0) is 14.5. The van der Waals surface area contributed by atoms with E-state index in [2.05, 4.69) is 5.32 Å². The Morgan fingerprint density at radius 1 is 1.20 bits per heavy atom. The van der Waals surface area contributed by atoms with Crippen LogP contribution < -0.4 is 15.8 Å². The molecule has 0 spiro atoms. The van der Waals surface area contributed by atoms with Gasteiger partial charge in [-0.15, -0.1) is 0 Å². The molecule has 4 nitrogen and oxygen atoms in total. The molecule has 0 heterocycles. The van der Waals surface area contributed by atoms with Gasteiger partial charge in [-0.1, -0.05) is 12.1 Å². The van der Waals surface area contributed by atoms with Crippen LogP contribution in [-0.4, -0.2) is 13.0 Å². The second-order valence-corrected chi connectivity index (χ2v) is 4.65. The average molecular weight is 270 g/mol. The fraction of sp³-hybridized carbons (Fsp3) is 0.188. The highest BCUT2D eigenvalue weighted by Crippen LogP contribution is 2.21. The molecule has 0 radical (unpaired) electrons. The predicted octanol–water partition coefficient (Wildman–Crippen LogP) is 2.77. The number of carbonyl (C=O) groups excluding carboxylic acids is 1. The van der Waals surface area contributed by atoms with E-state index in [4.69, 9.17) is 10.5 Å². The molecule has 1 amide bonds. The highest BCUT2D eigenvalue weighted by Gasteiger charge is 2.06. The van der Waals surface area contributed by atoms with Gasteiger partial charge >= 0.3 is 0 Å². The molecule has 2 aromatic carbocycles. The van der Waals surface area contributed by atoms with Gasteiger partial charge in [0.1, 0.15) is 5.75 Å². The van der Waals surface area contributed by atoms with Gasteiger partial charge in [-0.05, 0) is 48.4 Å². The molecule has 0 saturated carbocycles. The molecule has 2 rings (SSSR count). The second-order valence-electron chi connectivity index (χ2n) is 4.65. The van der Waals surface area contributed by atoms with Crippen molar-refractivity contribution in [3.8, 4) is 5.75 Å². The van der Waals surface area contributed by atoms with Crippen molar-refractivity contribution in [1.82, 2.24) is 0 Å². The molecule has 3 N–H and O–H groups in total. The summed E-state index contributed by atoms with van der Waals surface area (Å²) < 4.78 is 5.14. The minimum atomic E-state index is -0.0527. The molecule has 0 aliphatic rings. The maximum Gasteiger partial charge on any atom is 0.228 e. The third kappa shape index (κ3) is 3.51. The molecular formula is C16H18N2O2. The summed E-state index contributed by atoms with van der Waals surface area (Å²) in [6.07, 6.45) is 0.325. The molecule has 2 aromatic rings. The van der Waals surface area contributed by atoms with Crippen LogP contribution in [0, 0.1) is 6.92 Å². The summed E-state index contributed by atoms with van der Waals surface area (Å²) in [5.41, 5.74) is 9.01. The lowest BCUT2D eigenvalue weighted by molar-refractivity contribution is -0.115. The number of rotatable bonds is 4. The summed E-state index contributed by atoms with van der Waals surface area (Å²) in [6, 6.07) is 12.9. The molecule has 0 aromatic heterocycles. The van der Waals surface area contributed by atoms with Crippen LogP contribution in [0.25, 0.3) is 0 Å². The van der Waals surface area contributed by atoms with Crippen molar-refractivity contribution in [2.45, 2.75) is 13.3 Å². The molecular weight excluding hydrogens is 252 g/mol. The molecule has 4 heteroatoms. The monoisotopic (exact) mass is 270 g/mol.